The van der Waals surface area contributed by atoms with Gasteiger partial charge in [0.15, 0.2) is 5.78 Å². The summed E-state index contributed by atoms with van der Waals surface area (Å²) in [7, 11) is 0. The van der Waals surface area contributed by atoms with Crippen LogP contribution in [0.25, 0.3) is 0 Å². The highest BCUT2D eigenvalue weighted by Gasteiger charge is 2.11. The second-order valence-electron chi connectivity index (χ2n) is 3.87. The van der Waals surface area contributed by atoms with E-state index in [1.807, 2.05) is 0 Å². The maximum Gasteiger partial charge on any atom is 0.175 e. The largest absolute Gasteiger partial charge is 0.297 e. The molecule has 1 aliphatic heterocycles. The lowest BCUT2D eigenvalue weighted by Gasteiger charge is -2.24. The first-order valence-corrected chi connectivity index (χ1v) is 5.57. The van der Waals surface area contributed by atoms with Crippen molar-refractivity contribution in [1.29, 1.82) is 0 Å². The molecule has 0 atom stereocenters. The zero-order valence-electron chi connectivity index (χ0n) is 9.25. The Labute approximate surface area is 86.2 Å². The topological polar surface area (TPSA) is 32.7 Å². The van der Waals surface area contributed by atoms with Crippen LogP contribution < -0.4 is 0 Å². The molecular formula is C11H20N2O. The highest BCUT2D eigenvalue weighted by molar-refractivity contribution is 6.38. The summed E-state index contributed by atoms with van der Waals surface area (Å²) in [5, 5.41) is 6.48. The fourth-order valence-corrected chi connectivity index (χ4v) is 1.68. The van der Waals surface area contributed by atoms with Crippen molar-refractivity contribution < 1.29 is 4.79 Å². The smallest absolute Gasteiger partial charge is 0.175 e. The Bertz CT molecular complexity index is 217. The maximum absolute atomic E-state index is 11.3. The molecular weight excluding hydrogens is 176 g/mol. The van der Waals surface area contributed by atoms with E-state index in [-0.39, 0.29) is 5.78 Å². The molecule has 0 aromatic carbocycles. The average Bonchev–Trinajstić information content (AvgIpc) is 2.18. The Morgan fingerprint density at radius 3 is 2.43 bits per heavy atom. The SMILES string of the molecule is CCC/C(=N\N1CCCCC1)C(C)=O. The van der Waals surface area contributed by atoms with Gasteiger partial charge in [-0.2, -0.15) is 5.10 Å². The minimum Gasteiger partial charge on any atom is -0.297 e. The van der Waals surface area contributed by atoms with Crippen molar-refractivity contribution in [3.63, 3.8) is 0 Å². The lowest BCUT2D eigenvalue weighted by atomic mass is 10.1. The van der Waals surface area contributed by atoms with Crippen LogP contribution in [0.5, 0.6) is 0 Å². The van der Waals surface area contributed by atoms with Crippen molar-refractivity contribution in [3.8, 4) is 0 Å². The summed E-state index contributed by atoms with van der Waals surface area (Å²) in [5.41, 5.74) is 0.745. The monoisotopic (exact) mass is 196 g/mol. The number of rotatable bonds is 4. The first-order valence-electron chi connectivity index (χ1n) is 5.57. The predicted octanol–water partition coefficient (Wildman–Crippen LogP) is 2.22. The summed E-state index contributed by atoms with van der Waals surface area (Å²) < 4.78 is 0. The van der Waals surface area contributed by atoms with E-state index in [2.05, 4.69) is 17.0 Å². The third kappa shape index (κ3) is 3.48. The van der Waals surface area contributed by atoms with Gasteiger partial charge in [-0.1, -0.05) is 13.3 Å². The van der Waals surface area contributed by atoms with Gasteiger partial charge in [0, 0.05) is 20.0 Å². The maximum atomic E-state index is 11.3. The molecule has 0 unspecified atom stereocenters. The van der Waals surface area contributed by atoms with Crippen molar-refractivity contribution in [2.75, 3.05) is 13.1 Å². The first-order chi connectivity index (χ1) is 6.74. The molecule has 0 aliphatic carbocycles. The molecule has 3 nitrogen and oxygen atoms in total. The van der Waals surface area contributed by atoms with E-state index < -0.39 is 0 Å². The number of ketones is 1. The van der Waals surface area contributed by atoms with Gasteiger partial charge in [-0.15, -0.1) is 0 Å². The molecule has 0 aromatic rings. The van der Waals surface area contributed by atoms with Crippen LogP contribution in [0.3, 0.4) is 0 Å². The van der Waals surface area contributed by atoms with Crippen LogP contribution in [0.15, 0.2) is 5.10 Å². The Morgan fingerprint density at radius 2 is 1.93 bits per heavy atom. The molecule has 14 heavy (non-hydrogen) atoms. The van der Waals surface area contributed by atoms with E-state index in [0.29, 0.717) is 0 Å². The van der Waals surface area contributed by atoms with E-state index in [1.165, 1.54) is 19.3 Å². The fraction of sp³-hybridized carbons (Fsp3) is 0.818. The quantitative estimate of drug-likeness (QED) is 0.646. The number of hydrogen-bond donors (Lipinski definition) is 0. The number of nitrogens with zero attached hydrogens (tertiary/aromatic N) is 2. The third-order valence-electron chi connectivity index (χ3n) is 2.49. The summed E-state index contributed by atoms with van der Waals surface area (Å²) in [6.07, 6.45) is 5.52. The minimum absolute atomic E-state index is 0.123. The molecule has 0 N–H and O–H groups in total. The predicted molar refractivity (Wildman–Crippen MR) is 58.4 cm³/mol. The van der Waals surface area contributed by atoms with E-state index >= 15 is 0 Å². The second-order valence-corrected chi connectivity index (χ2v) is 3.87. The Balaban J connectivity index is 2.55. The molecule has 1 aliphatic rings. The highest BCUT2D eigenvalue weighted by Crippen LogP contribution is 2.09. The van der Waals surface area contributed by atoms with Gasteiger partial charge >= 0.3 is 0 Å². The summed E-state index contributed by atoms with van der Waals surface area (Å²) in [6, 6.07) is 0. The van der Waals surface area contributed by atoms with Crippen molar-refractivity contribution in [2.24, 2.45) is 5.10 Å². The summed E-state index contributed by atoms with van der Waals surface area (Å²) >= 11 is 0. The molecule has 1 fully saturated rings. The van der Waals surface area contributed by atoms with Gasteiger partial charge in [0.05, 0.1) is 0 Å². The number of piperidine rings is 1. The van der Waals surface area contributed by atoms with Gasteiger partial charge in [-0.05, 0) is 25.7 Å². The van der Waals surface area contributed by atoms with E-state index in [4.69, 9.17) is 0 Å². The Hall–Kier alpha value is -0.860. The van der Waals surface area contributed by atoms with Gasteiger partial charge in [0.1, 0.15) is 5.71 Å². The number of Topliss-reactive ketones (excluding diaryl/α,β-unsaturated/α-hetero) is 1. The molecule has 1 saturated heterocycles. The molecule has 0 spiro atoms. The van der Waals surface area contributed by atoms with Crippen molar-refractivity contribution in [3.05, 3.63) is 0 Å². The molecule has 0 aromatic heterocycles. The van der Waals surface area contributed by atoms with Gasteiger partial charge in [0.2, 0.25) is 0 Å². The Morgan fingerprint density at radius 1 is 1.29 bits per heavy atom. The van der Waals surface area contributed by atoms with Gasteiger partial charge in [-0.3, -0.25) is 9.80 Å². The summed E-state index contributed by atoms with van der Waals surface area (Å²) in [4.78, 5) is 11.3. The summed E-state index contributed by atoms with van der Waals surface area (Å²) in [6.45, 7) is 5.72. The van der Waals surface area contributed by atoms with Crippen LogP contribution in [0.4, 0.5) is 0 Å². The highest BCUT2D eigenvalue weighted by atomic mass is 16.1. The van der Waals surface area contributed by atoms with Crippen molar-refractivity contribution >= 4 is 11.5 Å². The zero-order chi connectivity index (χ0) is 10.4. The normalized spacial score (nSPS) is 18.4. The third-order valence-corrected chi connectivity index (χ3v) is 2.49. The van der Waals surface area contributed by atoms with Crippen LogP contribution in [0, 0.1) is 0 Å². The minimum atomic E-state index is 0.123. The molecule has 0 radical (unpaired) electrons. The molecule has 0 bridgehead atoms. The first kappa shape index (κ1) is 11.2. The number of hydrogen-bond acceptors (Lipinski definition) is 3. The van der Waals surface area contributed by atoms with Crippen LogP contribution in [0.2, 0.25) is 0 Å². The lowest BCUT2D eigenvalue weighted by molar-refractivity contribution is -0.111. The van der Waals surface area contributed by atoms with Crippen molar-refractivity contribution in [1.82, 2.24) is 5.01 Å². The van der Waals surface area contributed by atoms with Gasteiger partial charge in [0.25, 0.3) is 0 Å². The van der Waals surface area contributed by atoms with Gasteiger partial charge in [-0.25, -0.2) is 0 Å². The number of hydrazone groups is 1. The molecule has 80 valence electrons. The standard InChI is InChI=1S/C11H20N2O/c1-3-7-11(10(2)14)12-13-8-5-4-6-9-13/h3-9H2,1-2H3/b12-11+. The fourth-order valence-electron chi connectivity index (χ4n) is 1.68. The zero-order valence-corrected chi connectivity index (χ0v) is 9.25. The van der Waals surface area contributed by atoms with E-state index in [9.17, 15) is 4.79 Å². The van der Waals surface area contributed by atoms with Crippen LogP contribution in [-0.4, -0.2) is 29.6 Å². The van der Waals surface area contributed by atoms with Gasteiger partial charge < -0.3 is 0 Å². The average molecular weight is 196 g/mol. The molecule has 3 heteroatoms. The van der Waals surface area contributed by atoms with Crippen LogP contribution in [0.1, 0.15) is 46.0 Å². The van der Waals surface area contributed by atoms with E-state index in [1.54, 1.807) is 6.92 Å². The molecule has 0 saturated carbocycles. The van der Waals surface area contributed by atoms with Crippen LogP contribution >= 0.6 is 0 Å². The molecule has 1 rings (SSSR count). The molecule has 1 heterocycles. The number of carbonyl (C=O) groups excluding carboxylic acids is 1. The lowest BCUT2D eigenvalue weighted by Crippen LogP contribution is -2.27. The van der Waals surface area contributed by atoms with E-state index in [0.717, 1.165) is 31.6 Å². The summed E-state index contributed by atoms with van der Waals surface area (Å²) in [5.74, 6) is 0.123. The molecule has 0 amide bonds. The van der Waals surface area contributed by atoms with Crippen LogP contribution in [-0.2, 0) is 4.79 Å². The number of carbonyl (C=O) groups is 1. The Kier molecular flexibility index (Phi) is 4.63. The second kappa shape index (κ2) is 5.78. The van der Waals surface area contributed by atoms with Crippen molar-refractivity contribution in [2.45, 2.75) is 46.0 Å².